The minimum absolute atomic E-state index is 0.319. The van der Waals surface area contributed by atoms with Gasteiger partial charge in [0.15, 0.2) is 0 Å². The molecule has 0 aromatic heterocycles. The van der Waals surface area contributed by atoms with Gasteiger partial charge in [-0.3, -0.25) is 4.90 Å². The van der Waals surface area contributed by atoms with Gasteiger partial charge in [0.05, 0.1) is 33.0 Å². The lowest BCUT2D eigenvalue weighted by atomic mass is 10.2. The third-order valence-corrected chi connectivity index (χ3v) is 2.90. The number of likely N-dealkylation sites (N-methyl/N-ethyl adjacent to an activating group) is 1. The summed E-state index contributed by atoms with van der Waals surface area (Å²) in [5.41, 5.74) is 1.10. The maximum atomic E-state index is 9.88. The number of ether oxygens (including phenoxy) is 3. The molecule has 0 bridgehead atoms. The van der Waals surface area contributed by atoms with E-state index in [-0.39, 0.29) is 0 Å². The average Bonchev–Trinajstić information content (AvgIpc) is 2.44. The maximum Gasteiger partial charge on any atom is 0.123 e. The molecule has 1 N–H and O–H groups in total. The van der Waals surface area contributed by atoms with Gasteiger partial charge >= 0.3 is 0 Å². The lowest BCUT2D eigenvalue weighted by Gasteiger charge is -2.21. The molecule has 114 valence electrons. The van der Waals surface area contributed by atoms with Crippen molar-refractivity contribution in [3.8, 4) is 5.75 Å². The van der Waals surface area contributed by atoms with Crippen molar-refractivity contribution in [2.75, 3.05) is 47.6 Å². The van der Waals surface area contributed by atoms with Gasteiger partial charge < -0.3 is 19.3 Å². The molecule has 0 fully saturated rings. The number of aliphatic hydroxyl groups is 1. The van der Waals surface area contributed by atoms with Gasteiger partial charge in [-0.1, -0.05) is 18.2 Å². The fraction of sp³-hybridized carbons (Fsp3) is 0.600. The van der Waals surface area contributed by atoms with Crippen LogP contribution < -0.4 is 4.74 Å². The summed E-state index contributed by atoms with van der Waals surface area (Å²) in [5.74, 6) is 0.866. The van der Waals surface area contributed by atoms with Gasteiger partial charge in [0.25, 0.3) is 0 Å². The summed E-state index contributed by atoms with van der Waals surface area (Å²) in [6.45, 7) is 2.64. The predicted molar refractivity (Wildman–Crippen MR) is 78.0 cm³/mol. The van der Waals surface area contributed by atoms with Crippen LogP contribution in [0.3, 0.4) is 0 Å². The Morgan fingerprint density at radius 3 is 2.65 bits per heavy atom. The molecule has 0 amide bonds. The number of aliphatic hydroxyl groups excluding tert-OH is 1. The minimum atomic E-state index is -0.508. The van der Waals surface area contributed by atoms with Crippen molar-refractivity contribution >= 4 is 0 Å². The highest BCUT2D eigenvalue weighted by molar-refractivity contribution is 5.32. The molecule has 0 saturated heterocycles. The molecule has 20 heavy (non-hydrogen) atoms. The van der Waals surface area contributed by atoms with Crippen LogP contribution in [0.25, 0.3) is 0 Å². The van der Waals surface area contributed by atoms with E-state index in [1.165, 1.54) is 0 Å². The fourth-order valence-corrected chi connectivity index (χ4v) is 1.96. The summed E-state index contributed by atoms with van der Waals surface area (Å²) in [7, 11) is 5.25. The monoisotopic (exact) mass is 283 g/mol. The second-order valence-corrected chi connectivity index (χ2v) is 4.73. The van der Waals surface area contributed by atoms with E-state index in [0.29, 0.717) is 26.4 Å². The summed E-state index contributed by atoms with van der Waals surface area (Å²) in [6, 6.07) is 7.89. The number of methoxy groups -OCH3 is 2. The van der Waals surface area contributed by atoms with Crippen LogP contribution >= 0.6 is 0 Å². The van der Waals surface area contributed by atoms with E-state index in [2.05, 4.69) is 0 Å². The van der Waals surface area contributed by atoms with Crippen LogP contribution in [-0.4, -0.2) is 63.7 Å². The van der Waals surface area contributed by atoms with Crippen LogP contribution in [-0.2, 0) is 16.0 Å². The van der Waals surface area contributed by atoms with Crippen LogP contribution in [0.15, 0.2) is 24.3 Å². The summed E-state index contributed by atoms with van der Waals surface area (Å²) in [6.07, 6.45) is -0.508. The third kappa shape index (κ3) is 6.34. The molecule has 5 nitrogen and oxygen atoms in total. The third-order valence-electron chi connectivity index (χ3n) is 2.90. The molecule has 0 radical (unpaired) electrons. The normalized spacial score (nSPS) is 12.7. The van der Waals surface area contributed by atoms with Gasteiger partial charge in [0, 0.05) is 25.8 Å². The topological polar surface area (TPSA) is 51.2 Å². The van der Waals surface area contributed by atoms with Gasteiger partial charge in [0.2, 0.25) is 0 Å². The number of para-hydroxylation sites is 1. The molecule has 0 spiro atoms. The fourth-order valence-electron chi connectivity index (χ4n) is 1.96. The van der Waals surface area contributed by atoms with Crippen LogP contribution in [0.1, 0.15) is 5.56 Å². The number of nitrogens with zero attached hydrogens (tertiary/aromatic N) is 1. The molecule has 1 rings (SSSR count). The number of rotatable bonds is 10. The van der Waals surface area contributed by atoms with E-state index in [4.69, 9.17) is 14.2 Å². The molecule has 0 aliphatic rings. The first-order valence-electron chi connectivity index (χ1n) is 6.72. The second kappa shape index (κ2) is 9.72. The molecule has 1 atom stereocenters. The first-order valence-corrected chi connectivity index (χ1v) is 6.72. The quantitative estimate of drug-likeness (QED) is 0.653. The highest BCUT2D eigenvalue weighted by Crippen LogP contribution is 2.18. The number of hydrogen-bond acceptors (Lipinski definition) is 5. The first-order chi connectivity index (χ1) is 9.67. The Hall–Kier alpha value is -1.14. The molecule has 5 heteroatoms. The highest BCUT2D eigenvalue weighted by Gasteiger charge is 2.11. The number of hydrogen-bond donors (Lipinski definition) is 1. The molecule has 0 aliphatic carbocycles. The van der Waals surface area contributed by atoms with Gasteiger partial charge in [-0.25, -0.2) is 0 Å². The Labute approximate surface area is 121 Å². The molecule has 1 unspecified atom stereocenters. The smallest absolute Gasteiger partial charge is 0.123 e. The minimum Gasteiger partial charge on any atom is -0.496 e. The standard InChI is InChI=1S/C15H25NO4/c1-16(11-14(17)12-20-9-8-18-2)10-13-6-4-5-7-15(13)19-3/h4-7,14,17H,8-12H2,1-3H3. The van der Waals surface area contributed by atoms with Crippen molar-refractivity contribution in [1.29, 1.82) is 0 Å². The SMILES string of the molecule is COCCOCC(O)CN(C)Cc1ccccc1OC. The van der Waals surface area contributed by atoms with Crippen LogP contribution in [0.4, 0.5) is 0 Å². The molecule has 1 aromatic rings. The van der Waals surface area contributed by atoms with Crippen molar-refractivity contribution in [1.82, 2.24) is 4.90 Å². The Morgan fingerprint density at radius 2 is 1.95 bits per heavy atom. The lowest BCUT2D eigenvalue weighted by Crippen LogP contribution is -2.32. The van der Waals surface area contributed by atoms with Crippen LogP contribution in [0.5, 0.6) is 5.75 Å². The van der Waals surface area contributed by atoms with Crippen LogP contribution in [0.2, 0.25) is 0 Å². The summed E-state index contributed by atoms with van der Waals surface area (Å²) < 4.78 is 15.5. The maximum absolute atomic E-state index is 9.88. The van der Waals surface area contributed by atoms with Crippen molar-refractivity contribution in [3.05, 3.63) is 29.8 Å². The molecular formula is C15H25NO4. The van der Waals surface area contributed by atoms with E-state index in [1.807, 2.05) is 36.2 Å². The highest BCUT2D eigenvalue weighted by atomic mass is 16.5. The molecule has 1 aromatic carbocycles. The van der Waals surface area contributed by atoms with E-state index in [9.17, 15) is 5.11 Å². The van der Waals surface area contributed by atoms with E-state index in [1.54, 1.807) is 14.2 Å². The van der Waals surface area contributed by atoms with E-state index in [0.717, 1.165) is 17.9 Å². The van der Waals surface area contributed by atoms with E-state index >= 15 is 0 Å². The summed E-state index contributed by atoms with van der Waals surface area (Å²) in [5, 5.41) is 9.88. The number of benzene rings is 1. The Kier molecular flexibility index (Phi) is 8.22. The largest absolute Gasteiger partial charge is 0.496 e. The zero-order chi connectivity index (χ0) is 14.8. The average molecular weight is 283 g/mol. The second-order valence-electron chi connectivity index (χ2n) is 4.73. The van der Waals surface area contributed by atoms with Crippen molar-refractivity contribution in [2.24, 2.45) is 0 Å². The zero-order valence-corrected chi connectivity index (χ0v) is 12.5. The van der Waals surface area contributed by atoms with Gasteiger partial charge in [-0.2, -0.15) is 0 Å². The van der Waals surface area contributed by atoms with Crippen molar-refractivity contribution in [2.45, 2.75) is 12.6 Å². The van der Waals surface area contributed by atoms with Gasteiger partial charge in [-0.15, -0.1) is 0 Å². The Morgan fingerprint density at radius 1 is 1.20 bits per heavy atom. The molecule has 0 saturated carbocycles. The van der Waals surface area contributed by atoms with Gasteiger partial charge in [-0.05, 0) is 13.1 Å². The van der Waals surface area contributed by atoms with Crippen molar-refractivity contribution < 1.29 is 19.3 Å². The summed E-state index contributed by atoms with van der Waals surface area (Å²) >= 11 is 0. The summed E-state index contributed by atoms with van der Waals surface area (Å²) in [4.78, 5) is 2.04. The van der Waals surface area contributed by atoms with E-state index < -0.39 is 6.10 Å². The molecular weight excluding hydrogens is 258 g/mol. The van der Waals surface area contributed by atoms with Crippen LogP contribution in [0, 0.1) is 0 Å². The first kappa shape index (κ1) is 16.9. The Balaban J connectivity index is 2.33. The Bertz CT molecular complexity index is 373. The lowest BCUT2D eigenvalue weighted by molar-refractivity contribution is 0.00155. The molecule has 0 heterocycles. The zero-order valence-electron chi connectivity index (χ0n) is 12.5. The molecule has 0 aliphatic heterocycles. The predicted octanol–water partition coefficient (Wildman–Crippen LogP) is 1.15. The van der Waals surface area contributed by atoms with Crippen molar-refractivity contribution in [3.63, 3.8) is 0 Å². The van der Waals surface area contributed by atoms with Gasteiger partial charge in [0.1, 0.15) is 5.75 Å².